The molecule has 0 aromatic heterocycles. The molecule has 2 aromatic rings. The van der Waals surface area contributed by atoms with Crippen LogP contribution in [0.3, 0.4) is 0 Å². The third-order valence-corrected chi connectivity index (χ3v) is 4.58. The molecular weight excluding hydrogens is 328 g/mol. The van der Waals surface area contributed by atoms with Crippen LogP contribution >= 0.6 is 0 Å². The number of nitrogens with zero attached hydrogens (tertiary/aromatic N) is 1. The highest BCUT2D eigenvalue weighted by Crippen LogP contribution is 2.17. The lowest BCUT2D eigenvalue weighted by Crippen LogP contribution is -2.34. The van der Waals surface area contributed by atoms with Crippen molar-refractivity contribution in [1.82, 2.24) is 4.31 Å². The van der Waals surface area contributed by atoms with Crippen molar-refractivity contribution >= 4 is 21.6 Å². The monoisotopic (exact) mass is 348 g/mol. The van der Waals surface area contributed by atoms with E-state index in [2.05, 4.69) is 5.32 Å². The first-order valence-electron chi connectivity index (χ1n) is 7.32. The summed E-state index contributed by atoms with van der Waals surface area (Å²) in [4.78, 5) is 11.8. The normalized spacial score (nSPS) is 11.3. The largest absolute Gasteiger partial charge is 0.489 e. The molecule has 24 heavy (non-hydrogen) atoms. The molecule has 0 fully saturated rings. The van der Waals surface area contributed by atoms with Crippen LogP contribution in [0.15, 0.2) is 54.6 Å². The third-order valence-electron chi connectivity index (χ3n) is 3.32. The predicted molar refractivity (Wildman–Crippen MR) is 93.3 cm³/mol. The zero-order valence-corrected chi connectivity index (χ0v) is 14.4. The van der Waals surface area contributed by atoms with E-state index in [1.807, 2.05) is 30.3 Å². The maximum Gasteiger partial charge on any atom is 0.239 e. The average Bonchev–Trinajstić information content (AvgIpc) is 2.54. The van der Waals surface area contributed by atoms with Crippen LogP contribution in [-0.2, 0) is 21.4 Å². The van der Waals surface area contributed by atoms with E-state index in [9.17, 15) is 13.2 Å². The Morgan fingerprint density at radius 2 is 1.71 bits per heavy atom. The second-order valence-electron chi connectivity index (χ2n) is 5.37. The Labute approximate surface area is 142 Å². The van der Waals surface area contributed by atoms with Crippen molar-refractivity contribution in [2.75, 3.05) is 25.2 Å². The van der Waals surface area contributed by atoms with Crippen LogP contribution in [-0.4, -0.2) is 38.5 Å². The molecule has 1 amide bonds. The Balaban J connectivity index is 1.86. The fraction of sp³-hybridized carbons (Fsp3) is 0.235. The Morgan fingerprint density at radius 1 is 1.08 bits per heavy atom. The number of carbonyl (C=O) groups excluding carboxylic acids is 1. The number of amides is 1. The maximum atomic E-state index is 11.8. The van der Waals surface area contributed by atoms with Gasteiger partial charge in [0.05, 0.1) is 12.8 Å². The molecule has 6 nitrogen and oxygen atoms in total. The van der Waals surface area contributed by atoms with E-state index in [0.29, 0.717) is 18.0 Å². The summed E-state index contributed by atoms with van der Waals surface area (Å²) in [6, 6.07) is 16.7. The number of hydrogen-bond acceptors (Lipinski definition) is 4. The zero-order chi connectivity index (χ0) is 17.6. The van der Waals surface area contributed by atoms with Gasteiger partial charge in [0.25, 0.3) is 0 Å². The van der Waals surface area contributed by atoms with Gasteiger partial charge in [-0.25, -0.2) is 8.42 Å². The van der Waals surface area contributed by atoms with Crippen molar-refractivity contribution in [2.24, 2.45) is 0 Å². The number of carbonyl (C=O) groups is 1. The summed E-state index contributed by atoms with van der Waals surface area (Å²) in [6.07, 6.45) is 1.05. The molecule has 7 heteroatoms. The minimum atomic E-state index is -3.38. The lowest BCUT2D eigenvalue weighted by Gasteiger charge is -2.14. The smallest absolute Gasteiger partial charge is 0.239 e. The van der Waals surface area contributed by atoms with Gasteiger partial charge in [0.1, 0.15) is 12.4 Å². The number of nitrogens with one attached hydrogen (secondary N) is 1. The third kappa shape index (κ3) is 5.68. The van der Waals surface area contributed by atoms with Gasteiger partial charge in [-0.2, -0.15) is 4.31 Å². The fourth-order valence-corrected chi connectivity index (χ4v) is 2.25. The van der Waals surface area contributed by atoms with Crippen LogP contribution in [0.2, 0.25) is 0 Å². The van der Waals surface area contributed by atoms with Gasteiger partial charge in [0, 0.05) is 12.7 Å². The summed E-state index contributed by atoms with van der Waals surface area (Å²) in [7, 11) is -2.02. The molecule has 128 valence electrons. The van der Waals surface area contributed by atoms with Gasteiger partial charge in [-0.3, -0.25) is 4.79 Å². The van der Waals surface area contributed by atoms with Crippen LogP contribution in [0.25, 0.3) is 0 Å². The van der Waals surface area contributed by atoms with Crippen LogP contribution < -0.4 is 10.1 Å². The van der Waals surface area contributed by atoms with Crippen LogP contribution in [0, 0.1) is 0 Å². The first-order chi connectivity index (χ1) is 11.3. The van der Waals surface area contributed by atoms with E-state index < -0.39 is 15.9 Å². The highest BCUT2D eigenvalue weighted by Gasteiger charge is 2.15. The van der Waals surface area contributed by atoms with Crippen molar-refractivity contribution in [3.05, 3.63) is 60.2 Å². The first kappa shape index (κ1) is 18.0. The number of anilines is 1. The van der Waals surface area contributed by atoms with Gasteiger partial charge in [0.2, 0.25) is 15.9 Å². The van der Waals surface area contributed by atoms with Crippen molar-refractivity contribution in [2.45, 2.75) is 6.61 Å². The van der Waals surface area contributed by atoms with E-state index in [0.717, 1.165) is 16.1 Å². The standard InChI is InChI=1S/C17H20N2O4S/c1-19(24(2,21)22)12-17(20)18-15-8-10-16(11-9-15)23-13-14-6-4-3-5-7-14/h3-11H,12-13H2,1-2H3,(H,18,20). The number of hydrogen-bond donors (Lipinski definition) is 1. The molecule has 0 saturated carbocycles. The lowest BCUT2D eigenvalue weighted by atomic mass is 10.2. The molecule has 2 rings (SSSR count). The van der Waals surface area contributed by atoms with Crippen molar-refractivity contribution in [3.63, 3.8) is 0 Å². The molecule has 0 bridgehead atoms. The predicted octanol–water partition coefficient (Wildman–Crippen LogP) is 2.10. The summed E-state index contributed by atoms with van der Waals surface area (Å²) in [6.45, 7) is 0.233. The molecule has 0 radical (unpaired) electrons. The molecule has 0 aliphatic rings. The van der Waals surface area contributed by atoms with E-state index in [1.165, 1.54) is 7.05 Å². The van der Waals surface area contributed by atoms with Crippen LogP contribution in [0.4, 0.5) is 5.69 Å². The lowest BCUT2D eigenvalue weighted by molar-refractivity contribution is -0.116. The summed E-state index contributed by atoms with van der Waals surface area (Å²) in [5, 5.41) is 2.65. The number of likely N-dealkylation sites (N-methyl/N-ethyl adjacent to an activating group) is 1. The topological polar surface area (TPSA) is 75.7 Å². The Bertz CT molecular complexity index is 774. The minimum absolute atomic E-state index is 0.231. The molecule has 0 unspecified atom stereocenters. The molecule has 0 heterocycles. The maximum absolute atomic E-state index is 11.8. The Kier molecular flexibility index (Phi) is 5.94. The number of sulfonamides is 1. The molecule has 0 atom stereocenters. The van der Waals surface area contributed by atoms with E-state index in [-0.39, 0.29) is 6.54 Å². The second kappa shape index (κ2) is 7.94. The zero-order valence-electron chi connectivity index (χ0n) is 13.6. The van der Waals surface area contributed by atoms with Crippen LogP contribution in [0.1, 0.15) is 5.56 Å². The van der Waals surface area contributed by atoms with Gasteiger partial charge < -0.3 is 10.1 Å². The first-order valence-corrected chi connectivity index (χ1v) is 9.17. The second-order valence-corrected chi connectivity index (χ2v) is 7.46. The quantitative estimate of drug-likeness (QED) is 0.831. The summed E-state index contributed by atoms with van der Waals surface area (Å²) >= 11 is 0. The highest BCUT2D eigenvalue weighted by atomic mass is 32.2. The van der Waals surface area contributed by atoms with Gasteiger partial charge in [-0.1, -0.05) is 30.3 Å². The minimum Gasteiger partial charge on any atom is -0.489 e. The summed E-state index contributed by atoms with van der Waals surface area (Å²) < 4.78 is 29.2. The van der Waals surface area contributed by atoms with Gasteiger partial charge in [-0.05, 0) is 29.8 Å². The number of benzene rings is 2. The molecule has 1 N–H and O–H groups in total. The Morgan fingerprint density at radius 3 is 2.29 bits per heavy atom. The molecule has 0 saturated heterocycles. The Hall–Kier alpha value is -2.38. The molecule has 0 aliphatic heterocycles. The highest BCUT2D eigenvalue weighted by molar-refractivity contribution is 7.88. The summed E-state index contributed by atoms with van der Waals surface area (Å²) in [5.41, 5.74) is 1.65. The van der Waals surface area contributed by atoms with Gasteiger partial charge >= 0.3 is 0 Å². The van der Waals surface area contributed by atoms with Gasteiger partial charge in [0.15, 0.2) is 0 Å². The average molecular weight is 348 g/mol. The summed E-state index contributed by atoms with van der Waals surface area (Å²) in [5.74, 6) is 0.283. The van der Waals surface area contributed by atoms with Crippen molar-refractivity contribution in [1.29, 1.82) is 0 Å². The number of rotatable bonds is 7. The number of ether oxygens (including phenoxy) is 1. The van der Waals surface area contributed by atoms with E-state index >= 15 is 0 Å². The molecule has 0 aliphatic carbocycles. The van der Waals surface area contributed by atoms with E-state index in [1.54, 1.807) is 24.3 Å². The molecule has 0 spiro atoms. The van der Waals surface area contributed by atoms with E-state index in [4.69, 9.17) is 4.74 Å². The van der Waals surface area contributed by atoms with Crippen LogP contribution in [0.5, 0.6) is 5.75 Å². The molecular formula is C17H20N2O4S. The fourth-order valence-electron chi connectivity index (χ4n) is 1.90. The molecule has 2 aromatic carbocycles. The van der Waals surface area contributed by atoms with Gasteiger partial charge in [-0.15, -0.1) is 0 Å². The van der Waals surface area contributed by atoms with Crippen molar-refractivity contribution < 1.29 is 17.9 Å². The van der Waals surface area contributed by atoms with Crippen molar-refractivity contribution in [3.8, 4) is 5.75 Å². The SMILES string of the molecule is CN(CC(=O)Nc1ccc(OCc2ccccc2)cc1)S(C)(=O)=O.